The van der Waals surface area contributed by atoms with Crippen LogP contribution in [-0.4, -0.2) is 38.6 Å². The SMILES string of the molecule is CC1C(CO)OC(n2c(=O)cc[nH]c2=O)C1O. The van der Waals surface area contributed by atoms with Crippen molar-refractivity contribution in [3.8, 4) is 0 Å². The molecule has 2 rings (SSSR count). The van der Waals surface area contributed by atoms with Crippen LogP contribution in [0.3, 0.4) is 0 Å². The second kappa shape index (κ2) is 4.44. The lowest BCUT2D eigenvalue weighted by Gasteiger charge is -2.16. The second-order valence-electron chi connectivity index (χ2n) is 4.09. The number of aromatic amines is 1. The van der Waals surface area contributed by atoms with E-state index in [1.165, 1.54) is 12.3 Å². The van der Waals surface area contributed by atoms with Gasteiger partial charge in [0, 0.05) is 18.2 Å². The molecule has 4 unspecified atom stereocenters. The quantitative estimate of drug-likeness (QED) is 0.580. The zero-order valence-electron chi connectivity index (χ0n) is 9.24. The number of H-pyrrole nitrogens is 1. The van der Waals surface area contributed by atoms with Crippen molar-refractivity contribution >= 4 is 0 Å². The molecule has 4 atom stereocenters. The third kappa shape index (κ3) is 1.92. The van der Waals surface area contributed by atoms with E-state index in [4.69, 9.17) is 9.84 Å². The molecule has 1 fully saturated rings. The van der Waals surface area contributed by atoms with E-state index in [2.05, 4.69) is 4.98 Å². The lowest BCUT2D eigenvalue weighted by atomic mass is 10.0. The lowest BCUT2D eigenvalue weighted by molar-refractivity contribution is -0.0550. The van der Waals surface area contributed by atoms with Crippen molar-refractivity contribution in [2.75, 3.05) is 6.61 Å². The highest BCUT2D eigenvalue weighted by atomic mass is 16.5. The van der Waals surface area contributed by atoms with E-state index in [1.54, 1.807) is 6.92 Å². The van der Waals surface area contributed by atoms with Crippen LogP contribution >= 0.6 is 0 Å². The third-order valence-corrected chi connectivity index (χ3v) is 3.05. The molecule has 1 saturated heterocycles. The van der Waals surface area contributed by atoms with Gasteiger partial charge in [-0.3, -0.25) is 4.79 Å². The Balaban J connectivity index is 2.42. The molecule has 2 heterocycles. The Morgan fingerprint density at radius 3 is 2.76 bits per heavy atom. The van der Waals surface area contributed by atoms with Crippen molar-refractivity contribution in [2.45, 2.75) is 25.4 Å². The molecule has 0 radical (unpaired) electrons. The average molecular weight is 242 g/mol. The van der Waals surface area contributed by atoms with Crippen molar-refractivity contribution < 1.29 is 14.9 Å². The van der Waals surface area contributed by atoms with Crippen LogP contribution in [-0.2, 0) is 4.74 Å². The predicted molar refractivity (Wildman–Crippen MR) is 57.5 cm³/mol. The van der Waals surface area contributed by atoms with E-state index in [9.17, 15) is 14.7 Å². The molecule has 1 aromatic rings. The van der Waals surface area contributed by atoms with Crippen LogP contribution in [0.4, 0.5) is 0 Å². The van der Waals surface area contributed by atoms with Gasteiger partial charge in [0.2, 0.25) is 0 Å². The van der Waals surface area contributed by atoms with Gasteiger partial charge in [-0.2, -0.15) is 0 Å². The summed E-state index contributed by atoms with van der Waals surface area (Å²) in [6.07, 6.45) is -1.41. The van der Waals surface area contributed by atoms with Gasteiger partial charge in [0.15, 0.2) is 6.23 Å². The molecule has 3 N–H and O–H groups in total. The third-order valence-electron chi connectivity index (χ3n) is 3.05. The molecule has 7 heteroatoms. The smallest absolute Gasteiger partial charge is 0.330 e. The Bertz CT molecular complexity index is 480. The van der Waals surface area contributed by atoms with Crippen molar-refractivity contribution in [1.82, 2.24) is 9.55 Å². The fourth-order valence-electron chi connectivity index (χ4n) is 1.96. The number of rotatable bonds is 2. The van der Waals surface area contributed by atoms with Gasteiger partial charge < -0.3 is 19.9 Å². The van der Waals surface area contributed by atoms with Crippen LogP contribution in [0.25, 0.3) is 0 Å². The number of nitrogens with one attached hydrogen (secondary N) is 1. The molecule has 0 bridgehead atoms. The van der Waals surface area contributed by atoms with Gasteiger partial charge in [0.25, 0.3) is 5.56 Å². The summed E-state index contributed by atoms with van der Waals surface area (Å²) >= 11 is 0. The lowest BCUT2D eigenvalue weighted by Crippen LogP contribution is -2.41. The van der Waals surface area contributed by atoms with E-state index in [0.29, 0.717) is 0 Å². The van der Waals surface area contributed by atoms with Gasteiger partial charge in [-0.25, -0.2) is 9.36 Å². The molecule has 0 aliphatic carbocycles. The normalized spacial score (nSPS) is 32.9. The molecule has 7 nitrogen and oxygen atoms in total. The first-order chi connectivity index (χ1) is 8.06. The zero-order chi connectivity index (χ0) is 12.6. The van der Waals surface area contributed by atoms with Crippen molar-refractivity contribution in [3.05, 3.63) is 33.1 Å². The first-order valence-corrected chi connectivity index (χ1v) is 5.31. The Hall–Kier alpha value is -1.44. The number of nitrogens with zero attached hydrogens (tertiary/aromatic N) is 1. The van der Waals surface area contributed by atoms with Crippen LogP contribution in [0, 0.1) is 5.92 Å². The molecular formula is C10H14N2O5. The van der Waals surface area contributed by atoms with E-state index in [1.807, 2.05) is 0 Å². The maximum absolute atomic E-state index is 11.6. The number of aliphatic hydroxyl groups is 2. The summed E-state index contributed by atoms with van der Waals surface area (Å²) < 4.78 is 6.14. The highest BCUT2D eigenvalue weighted by Gasteiger charge is 2.42. The fraction of sp³-hybridized carbons (Fsp3) is 0.600. The fourth-order valence-corrected chi connectivity index (χ4v) is 1.96. The van der Waals surface area contributed by atoms with Gasteiger partial charge in [-0.15, -0.1) is 0 Å². The average Bonchev–Trinajstić information content (AvgIpc) is 2.57. The molecule has 0 aromatic carbocycles. The van der Waals surface area contributed by atoms with Gasteiger partial charge in [0.1, 0.15) is 6.10 Å². The first-order valence-electron chi connectivity index (χ1n) is 5.31. The van der Waals surface area contributed by atoms with Crippen molar-refractivity contribution in [2.24, 2.45) is 5.92 Å². The second-order valence-corrected chi connectivity index (χ2v) is 4.09. The maximum atomic E-state index is 11.6. The monoisotopic (exact) mass is 242 g/mol. The molecule has 1 aliphatic heterocycles. The summed E-state index contributed by atoms with van der Waals surface area (Å²) in [7, 11) is 0. The Kier molecular flexibility index (Phi) is 3.14. The van der Waals surface area contributed by atoms with Gasteiger partial charge in [-0.05, 0) is 0 Å². The van der Waals surface area contributed by atoms with Crippen molar-refractivity contribution in [1.29, 1.82) is 0 Å². The van der Waals surface area contributed by atoms with E-state index < -0.39 is 29.7 Å². The predicted octanol–water partition coefficient (Wildman–Crippen LogP) is -1.58. The molecular weight excluding hydrogens is 228 g/mol. The van der Waals surface area contributed by atoms with Crippen LogP contribution in [0.1, 0.15) is 13.2 Å². The number of aromatic nitrogens is 2. The summed E-state index contributed by atoms with van der Waals surface area (Å²) in [6.45, 7) is 1.42. The Morgan fingerprint density at radius 1 is 1.53 bits per heavy atom. The van der Waals surface area contributed by atoms with Crippen LogP contribution < -0.4 is 11.2 Å². The summed E-state index contributed by atoms with van der Waals surface area (Å²) in [5, 5.41) is 19.0. The molecule has 1 aromatic heterocycles. The molecule has 0 spiro atoms. The topological polar surface area (TPSA) is 105 Å². The van der Waals surface area contributed by atoms with Gasteiger partial charge in [-0.1, -0.05) is 6.92 Å². The molecule has 0 amide bonds. The molecule has 94 valence electrons. The minimum atomic E-state index is -1.06. The number of aliphatic hydroxyl groups excluding tert-OH is 2. The van der Waals surface area contributed by atoms with E-state index in [-0.39, 0.29) is 12.5 Å². The number of ether oxygens (including phenoxy) is 1. The minimum absolute atomic E-state index is 0.270. The highest BCUT2D eigenvalue weighted by molar-refractivity contribution is 4.91. The Labute approximate surface area is 96.3 Å². The Morgan fingerprint density at radius 2 is 2.24 bits per heavy atom. The molecule has 1 aliphatic rings. The van der Waals surface area contributed by atoms with E-state index >= 15 is 0 Å². The van der Waals surface area contributed by atoms with Crippen LogP contribution in [0.2, 0.25) is 0 Å². The maximum Gasteiger partial charge on any atom is 0.330 e. The zero-order valence-corrected chi connectivity index (χ0v) is 9.24. The summed E-state index contributed by atoms with van der Waals surface area (Å²) in [5.74, 6) is -0.350. The van der Waals surface area contributed by atoms with E-state index in [0.717, 1.165) is 4.57 Å². The largest absolute Gasteiger partial charge is 0.394 e. The van der Waals surface area contributed by atoms with Gasteiger partial charge in [0.05, 0.1) is 12.7 Å². The number of hydrogen-bond acceptors (Lipinski definition) is 5. The van der Waals surface area contributed by atoms with Crippen LogP contribution in [0.15, 0.2) is 21.9 Å². The van der Waals surface area contributed by atoms with Gasteiger partial charge >= 0.3 is 5.69 Å². The standard InChI is InChI=1S/C10H14N2O5/c1-5-6(4-13)17-9(8(5)15)12-7(14)2-3-11-10(12)16/h2-3,5-6,8-9,13,15H,4H2,1H3,(H,11,16). The summed E-state index contributed by atoms with van der Waals surface area (Å²) in [6, 6.07) is 1.18. The summed E-state index contributed by atoms with van der Waals surface area (Å²) in [4.78, 5) is 25.4. The molecule has 17 heavy (non-hydrogen) atoms. The molecule has 0 saturated carbocycles. The van der Waals surface area contributed by atoms with Crippen LogP contribution in [0.5, 0.6) is 0 Å². The highest BCUT2D eigenvalue weighted by Crippen LogP contribution is 2.31. The minimum Gasteiger partial charge on any atom is -0.394 e. The number of hydrogen-bond donors (Lipinski definition) is 3. The van der Waals surface area contributed by atoms with Crippen molar-refractivity contribution in [3.63, 3.8) is 0 Å². The summed E-state index contributed by atoms with van der Waals surface area (Å²) in [5.41, 5.74) is -1.20. The first kappa shape index (κ1) is 12.0.